The second kappa shape index (κ2) is 34.4. The van der Waals surface area contributed by atoms with Crippen LogP contribution >= 0.6 is 62.2 Å². The smallest absolute Gasteiger partial charge is 1.00 e. The van der Waals surface area contributed by atoms with Crippen LogP contribution in [0.3, 0.4) is 0 Å². The van der Waals surface area contributed by atoms with Gasteiger partial charge < -0.3 is 65.6 Å². The first-order chi connectivity index (χ1) is 27.3. The third-order valence-corrected chi connectivity index (χ3v) is 12.9. The molecule has 0 aliphatic carbocycles. The molecule has 0 atom stereocenters. The normalized spacial score (nSPS) is 9.40. The zero-order chi connectivity index (χ0) is 40.7. The number of methoxy groups -OCH3 is 6. The monoisotopic (exact) mass is 1090 g/mol. The van der Waals surface area contributed by atoms with E-state index in [0.717, 1.165) is 34.5 Å². The standard InChI is InChI=1S/2C21H21O3P.2CH2Cl2.3ClH.In/c2*1-22-16-4-10-19(11-5-16)25(20-12-6-17(23-2)7-13-20)21-14-8-18(24-3)9-15-21;2*2-1-3;;;;/h2*4-15H,1-3H3;2*1H2;3*1H;/q;;;;;;;+3/p-3. The van der Waals surface area contributed by atoms with Gasteiger partial charge >= 0.3 is 25.8 Å². The van der Waals surface area contributed by atoms with Crippen molar-refractivity contribution < 1.29 is 65.6 Å². The number of hydrogen-bond donors (Lipinski definition) is 0. The SMILES string of the molecule is COc1ccc(P(c2ccc(OC)cc2)c2ccc(OC)cc2)cc1.COc1ccc(P(c2ccc(OC)cc2)c2ccc(OC)cc2)cc1.ClCCl.ClCCl.[Cl-].[Cl-].[Cl-].[In+3]. The zero-order valence-electron chi connectivity index (χ0n) is 33.8. The summed E-state index contributed by atoms with van der Waals surface area (Å²) in [6.07, 6.45) is 0. The van der Waals surface area contributed by atoms with Crippen molar-refractivity contribution >= 4 is 120 Å². The van der Waals surface area contributed by atoms with Crippen LogP contribution in [0, 0.1) is 0 Å². The first-order valence-corrected chi connectivity index (χ1v) is 21.8. The first kappa shape index (κ1) is 60.0. The summed E-state index contributed by atoms with van der Waals surface area (Å²) in [6, 6.07) is 49.8. The molecule has 6 aromatic carbocycles. The molecule has 0 amide bonds. The van der Waals surface area contributed by atoms with Crippen LogP contribution in [0.1, 0.15) is 0 Å². The van der Waals surface area contributed by atoms with E-state index in [2.05, 4.69) is 72.8 Å². The van der Waals surface area contributed by atoms with Crippen LogP contribution in [0.25, 0.3) is 0 Å². The van der Waals surface area contributed by atoms with Gasteiger partial charge in [-0.3, -0.25) is 0 Å². The van der Waals surface area contributed by atoms with Gasteiger partial charge in [-0.25, -0.2) is 0 Å². The molecule has 16 heteroatoms. The summed E-state index contributed by atoms with van der Waals surface area (Å²) in [5, 5.41) is 8.01. The molecular weight excluding hydrogens is 1050 g/mol. The van der Waals surface area contributed by atoms with Crippen molar-refractivity contribution in [1.29, 1.82) is 0 Å². The van der Waals surface area contributed by atoms with E-state index in [9.17, 15) is 0 Å². The maximum Gasteiger partial charge on any atom is 3.00 e. The molecule has 60 heavy (non-hydrogen) atoms. The Bertz CT molecular complexity index is 1580. The average molecular weight is 1100 g/mol. The van der Waals surface area contributed by atoms with E-state index in [1.54, 1.807) is 42.7 Å². The maximum atomic E-state index is 5.30. The molecule has 6 nitrogen and oxygen atoms in total. The molecule has 0 fully saturated rings. The molecule has 0 saturated heterocycles. The molecule has 320 valence electrons. The predicted molar refractivity (Wildman–Crippen MR) is 249 cm³/mol. The fourth-order valence-electron chi connectivity index (χ4n) is 5.28. The van der Waals surface area contributed by atoms with Crippen molar-refractivity contribution in [3.8, 4) is 34.5 Å². The van der Waals surface area contributed by atoms with E-state index in [0.29, 0.717) is 0 Å². The van der Waals surface area contributed by atoms with Crippen molar-refractivity contribution in [1.82, 2.24) is 0 Å². The van der Waals surface area contributed by atoms with E-state index in [1.807, 2.05) is 72.8 Å². The van der Waals surface area contributed by atoms with Gasteiger partial charge in [0.1, 0.15) is 34.5 Å². The summed E-state index contributed by atoms with van der Waals surface area (Å²) in [4.78, 5) is 0. The molecule has 0 aromatic heterocycles. The van der Waals surface area contributed by atoms with Gasteiger partial charge in [0.05, 0.1) is 53.3 Å². The van der Waals surface area contributed by atoms with Gasteiger partial charge in [0.2, 0.25) is 0 Å². The number of ether oxygens (including phenoxy) is 6. The molecule has 0 radical (unpaired) electrons. The molecule has 0 saturated carbocycles. The van der Waals surface area contributed by atoms with Crippen molar-refractivity contribution in [3.05, 3.63) is 146 Å². The minimum atomic E-state index is -0.665. The number of benzene rings is 6. The summed E-state index contributed by atoms with van der Waals surface area (Å²) in [7, 11) is 8.78. The Morgan fingerprint density at radius 2 is 0.383 bits per heavy atom. The van der Waals surface area contributed by atoms with Crippen LogP contribution in [0.5, 0.6) is 34.5 Å². The molecule has 0 spiro atoms. The number of alkyl halides is 4. The third-order valence-electron chi connectivity index (χ3n) is 7.98. The summed E-state index contributed by atoms with van der Waals surface area (Å²) in [5.41, 5.74) is 0. The minimum Gasteiger partial charge on any atom is -1.00 e. The fourth-order valence-corrected chi connectivity index (χ4v) is 9.75. The number of rotatable bonds is 12. The molecule has 0 unspecified atom stereocenters. The second-order valence-electron chi connectivity index (χ2n) is 11.1. The summed E-state index contributed by atoms with van der Waals surface area (Å²) in [6.45, 7) is 0. The van der Waals surface area contributed by atoms with Gasteiger partial charge in [-0.05, 0) is 120 Å². The molecule has 0 aliphatic rings. The summed E-state index contributed by atoms with van der Waals surface area (Å²) < 4.78 is 31.8. The molecule has 6 rings (SSSR count). The van der Waals surface area contributed by atoms with Crippen LogP contribution in [-0.4, -0.2) is 79.2 Å². The summed E-state index contributed by atoms with van der Waals surface area (Å²) >= 11 is 19.1. The van der Waals surface area contributed by atoms with Crippen LogP contribution < -0.4 is 97.5 Å². The van der Waals surface area contributed by atoms with Crippen LogP contribution in [0.2, 0.25) is 0 Å². The minimum absolute atomic E-state index is 0. The predicted octanol–water partition coefficient (Wildman–Crippen LogP) is 0.415. The second-order valence-corrected chi connectivity index (χ2v) is 17.1. The molecule has 0 bridgehead atoms. The van der Waals surface area contributed by atoms with Crippen molar-refractivity contribution in [2.45, 2.75) is 0 Å². The van der Waals surface area contributed by atoms with Crippen LogP contribution in [-0.2, 0) is 0 Å². The van der Waals surface area contributed by atoms with Crippen LogP contribution in [0.15, 0.2) is 146 Å². The van der Waals surface area contributed by atoms with E-state index >= 15 is 0 Å². The fraction of sp³-hybridized carbons (Fsp3) is 0.182. The van der Waals surface area contributed by atoms with Gasteiger partial charge in [-0.15, -0.1) is 46.4 Å². The third kappa shape index (κ3) is 19.1. The van der Waals surface area contributed by atoms with Gasteiger partial charge in [0.25, 0.3) is 0 Å². The Hall–Kier alpha value is -2.12. The van der Waals surface area contributed by atoms with Crippen molar-refractivity contribution in [2.24, 2.45) is 0 Å². The quantitative estimate of drug-likeness (QED) is 0.131. The maximum absolute atomic E-state index is 5.30. The Labute approximate surface area is 415 Å². The van der Waals surface area contributed by atoms with E-state index < -0.39 is 15.8 Å². The van der Waals surface area contributed by atoms with Crippen LogP contribution in [0.4, 0.5) is 0 Å². The Balaban J connectivity index is 0. The topological polar surface area (TPSA) is 55.4 Å². The van der Waals surface area contributed by atoms with Gasteiger partial charge in [0.15, 0.2) is 0 Å². The molecular formula is C44H46Cl7InO6P2. The van der Waals surface area contributed by atoms with Gasteiger partial charge in [0, 0.05) is 0 Å². The molecule has 0 heterocycles. The largest absolute Gasteiger partial charge is 3.00 e. The van der Waals surface area contributed by atoms with Gasteiger partial charge in [-0.1, -0.05) is 72.8 Å². The number of halogens is 7. The van der Waals surface area contributed by atoms with Gasteiger partial charge in [-0.2, -0.15) is 0 Å². The van der Waals surface area contributed by atoms with E-state index in [1.165, 1.54) is 31.8 Å². The van der Waals surface area contributed by atoms with E-state index in [4.69, 9.17) is 74.8 Å². The number of hydrogen-bond acceptors (Lipinski definition) is 6. The Morgan fingerprint density at radius 1 is 0.283 bits per heavy atom. The summed E-state index contributed by atoms with van der Waals surface area (Å²) in [5.74, 6) is 5.18. The molecule has 0 N–H and O–H groups in total. The van der Waals surface area contributed by atoms with E-state index in [-0.39, 0.29) is 73.7 Å². The Kier molecular flexibility index (Phi) is 34.4. The van der Waals surface area contributed by atoms with Crippen molar-refractivity contribution in [2.75, 3.05) is 53.3 Å². The molecule has 6 aromatic rings. The first-order valence-electron chi connectivity index (χ1n) is 17.0. The molecule has 0 aliphatic heterocycles. The Morgan fingerprint density at radius 3 is 0.467 bits per heavy atom. The zero-order valence-corrected chi connectivity index (χ0v) is 44.2. The average Bonchev–Trinajstić information content (AvgIpc) is 3.26. The van der Waals surface area contributed by atoms with Crippen molar-refractivity contribution in [3.63, 3.8) is 0 Å².